The lowest BCUT2D eigenvalue weighted by atomic mass is 9.71. The molecule has 15 heavy (non-hydrogen) atoms. The molecule has 0 amide bonds. The van der Waals surface area contributed by atoms with Crippen LogP contribution in [0.5, 0.6) is 0 Å². The van der Waals surface area contributed by atoms with Gasteiger partial charge in [0.1, 0.15) is 0 Å². The fourth-order valence-electron chi connectivity index (χ4n) is 2.87. The van der Waals surface area contributed by atoms with Gasteiger partial charge in [-0.3, -0.25) is 4.79 Å². The average Bonchev–Trinajstić information content (AvgIpc) is 2.27. The van der Waals surface area contributed by atoms with Gasteiger partial charge >= 0.3 is 5.97 Å². The molecule has 0 aromatic heterocycles. The molecular formula is C13H24O2. The van der Waals surface area contributed by atoms with Crippen LogP contribution < -0.4 is 0 Å². The average molecular weight is 212 g/mol. The first-order valence-corrected chi connectivity index (χ1v) is 6.38. The Bertz CT molecular complexity index is 201. The summed E-state index contributed by atoms with van der Waals surface area (Å²) >= 11 is 0. The monoisotopic (exact) mass is 212 g/mol. The molecule has 1 fully saturated rings. The standard InChI is InChI=1S/C13H24O2/c1-3-13(4-2,12(14)15)10-11-8-6-5-7-9-11/h11H,3-10H2,1-2H3,(H,14,15). The summed E-state index contributed by atoms with van der Waals surface area (Å²) in [4.78, 5) is 11.4. The Kier molecular flexibility index (Phi) is 4.62. The Hall–Kier alpha value is -0.530. The molecule has 0 unspecified atom stereocenters. The van der Waals surface area contributed by atoms with E-state index in [2.05, 4.69) is 0 Å². The first kappa shape index (κ1) is 12.5. The minimum Gasteiger partial charge on any atom is -0.481 e. The number of rotatable bonds is 5. The fraction of sp³-hybridized carbons (Fsp3) is 0.923. The summed E-state index contributed by atoms with van der Waals surface area (Å²) in [7, 11) is 0. The van der Waals surface area contributed by atoms with Crippen molar-refractivity contribution >= 4 is 5.97 Å². The molecule has 1 saturated carbocycles. The van der Waals surface area contributed by atoms with Gasteiger partial charge in [0.2, 0.25) is 0 Å². The Morgan fingerprint density at radius 1 is 1.20 bits per heavy atom. The fourth-order valence-corrected chi connectivity index (χ4v) is 2.87. The van der Waals surface area contributed by atoms with E-state index in [1.807, 2.05) is 13.8 Å². The molecule has 0 bridgehead atoms. The molecule has 0 aliphatic heterocycles. The van der Waals surface area contributed by atoms with Crippen LogP contribution in [0.3, 0.4) is 0 Å². The van der Waals surface area contributed by atoms with E-state index in [-0.39, 0.29) is 0 Å². The molecule has 88 valence electrons. The molecule has 0 spiro atoms. The number of carboxylic acids is 1. The number of hydrogen-bond donors (Lipinski definition) is 1. The number of carbonyl (C=O) groups is 1. The summed E-state index contributed by atoms with van der Waals surface area (Å²) in [6.45, 7) is 4.03. The molecule has 0 atom stereocenters. The van der Waals surface area contributed by atoms with E-state index >= 15 is 0 Å². The minimum absolute atomic E-state index is 0.442. The highest BCUT2D eigenvalue weighted by molar-refractivity contribution is 5.74. The summed E-state index contributed by atoms with van der Waals surface area (Å²) in [5.41, 5.74) is -0.442. The first-order chi connectivity index (χ1) is 7.14. The Morgan fingerprint density at radius 2 is 1.73 bits per heavy atom. The van der Waals surface area contributed by atoms with E-state index in [9.17, 15) is 9.90 Å². The zero-order valence-electron chi connectivity index (χ0n) is 10.1. The van der Waals surface area contributed by atoms with E-state index in [0.717, 1.165) is 19.3 Å². The molecule has 0 radical (unpaired) electrons. The van der Waals surface area contributed by atoms with Gasteiger partial charge in [0.05, 0.1) is 5.41 Å². The van der Waals surface area contributed by atoms with Crippen LogP contribution in [0.25, 0.3) is 0 Å². The smallest absolute Gasteiger partial charge is 0.309 e. The number of aliphatic carboxylic acids is 1. The lowest BCUT2D eigenvalue weighted by molar-refractivity contribution is -0.151. The van der Waals surface area contributed by atoms with Crippen molar-refractivity contribution in [1.82, 2.24) is 0 Å². The minimum atomic E-state index is -0.585. The second kappa shape index (κ2) is 5.53. The van der Waals surface area contributed by atoms with Crippen LogP contribution in [0, 0.1) is 11.3 Å². The Labute approximate surface area is 93.1 Å². The van der Waals surface area contributed by atoms with Crippen molar-refractivity contribution in [2.45, 2.75) is 65.2 Å². The van der Waals surface area contributed by atoms with E-state index in [1.54, 1.807) is 0 Å². The zero-order chi connectivity index (χ0) is 11.3. The maximum absolute atomic E-state index is 11.4. The van der Waals surface area contributed by atoms with Gasteiger partial charge < -0.3 is 5.11 Å². The highest BCUT2D eigenvalue weighted by Gasteiger charge is 2.37. The second-order valence-corrected chi connectivity index (χ2v) is 5.00. The van der Waals surface area contributed by atoms with Crippen LogP contribution >= 0.6 is 0 Å². The van der Waals surface area contributed by atoms with Gasteiger partial charge in [0.25, 0.3) is 0 Å². The zero-order valence-corrected chi connectivity index (χ0v) is 10.1. The summed E-state index contributed by atoms with van der Waals surface area (Å²) in [5, 5.41) is 9.35. The molecule has 2 nitrogen and oxygen atoms in total. The molecule has 1 aliphatic rings. The maximum atomic E-state index is 11.4. The lowest BCUT2D eigenvalue weighted by Crippen LogP contribution is -2.32. The number of carboxylic acid groups (broad SMARTS) is 1. The summed E-state index contributed by atoms with van der Waals surface area (Å²) < 4.78 is 0. The Morgan fingerprint density at radius 3 is 2.13 bits per heavy atom. The first-order valence-electron chi connectivity index (χ1n) is 6.38. The topological polar surface area (TPSA) is 37.3 Å². The molecule has 2 heteroatoms. The molecule has 1 rings (SSSR count). The predicted octanol–water partition coefficient (Wildman–Crippen LogP) is 3.85. The van der Waals surface area contributed by atoms with E-state index in [1.165, 1.54) is 32.1 Å². The largest absolute Gasteiger partial charge is 0.481 e. The molecule has 1 aliphatic carbocycles. The molecular weight excluding hydrogens is 188 g/mol. The molecule has 0 aromatic carbocycles. The van der Waals surface area contributed by atoms with Gasteiger partial charge in [-0.1, -0.05) is 46.0 Å². The third-order valence-electron chi connectivity index (χ3n) is 4.21. The van der Waals surface area contributed by atoms with Crippen LogP contribution in [0.4, 0.5) is 0 Å². The highest BCUT2D eigenvalue weighted by Crippen LogP contribution is 2.39. The molecule has 0 heterocycles. The van der Waals surface area contributed by atoms with Crippen molar-refractivity contribution in [3.05, 3.63) is 0 Å². The van der Waals surface area contributed by atoms with Gasteiger partial charge in [0.15, 0.2) is 0 Å². The van der Waals surface area contributed by atoms with Gasteiger partial charge in [-0.05, 0) is 25.2 Å². The van der Waals surface area contributed by atoms with Crippen LogP contribution in [0.15, 0.2) is 0 Å². The van der Waals surface area contributed by atoms with Gasteiger partial charge in [-0.15, -0.1) is 0 Å². The van der Waals surface area contributed by atoms with Crippen LogP contribution in [0.1, 0.15) is 65.2 Å². The van der Waals surface area contributed by atoms with E-state index < -0.39 is 11.4 Å². The highest BCUT2D eigenvalue weighted by atomic mass is 16.4. The lowest BCUT2D eigenvalue weighted by Gasteiger charge is -2.33. The Balaban J connectivity index is 2.60. The predicted molar refractivity (Wildman–Crippen MR) is 61.8 cm³/mol. The van der Waals surface area contributed by atoms with Gasteiger partial charge in [0, 0.05) is 0 Å². The van der Waals surface area contributed by atoms with Crippen molar-refractivity contribution in [1.29, 1.82) is 0 Å². The molecule has 0 saturated heterocycles. The third-order valence-corrected chi connectivity index (χ3v) is 4.21. The number of hydrogen-bond acceptors (Lipinski definition) is 1. The van der Waals surface area contributed by atoms with E-state index in [0.29, 0.717) is 5.92 Å². The third kappa shape index (κ3) is 2.96. The van der Waals surface area contributed by atoms with Crippen molar-refractivity contribution in [3.63, 3.8) is 0 Å². The van der Waals surface area contributed by atoms with Gasteiger partial charge in [-0.25, -0.2) is 0 Å². The van der Waals surface area contributed by atoms with Crippen molar-refractivity contribution in [2.75, 3.05) is 0 Å². The van der Waals surface area contributed by atoms with Crippen molar-refractivity contribution < 1.29 is 9.90 Å². The van der Waals surface area contributed by atoms with E-state index in [4.69, 9.17) is 0 Å². The molecule has 1 N–H and O–H groups in total. The van der Waals surface area contributed by atoms with Gasteiger partial charge in [-0.2, -0.15) is 0 Å². The summed E-state index contributed by atoms with van der Waals surface area (Å²) in [5.74, 6) is 0.0767. The normalized spacial score (nSPS) is 19.1. The summed E-state index contributed by atoms with van der Waals surface area (Å²) in [6, 6.07) is 0. The van der Waals surface area contributed by atoms with Crippen molar-refractivity contribution in [2.24, 2.45) is 11.3 Å². The quantitative estimate of drug-likeness (QED) is 0.751. The van der Waals surface area contributed by atoms with Crippen LogP contribution in [-0.2, 0) is 4.79 Å². The second-order valence-electron chi connectivity index (χ2n) is 5.00. The SMILES string of the molecule is CCC(CC)(CC1CCCCC1)C(=O)O. The van der Waals surface area contributed by atoms with Crippen LogP contribution in [0.2, 0.25) is 0 Å². The van der Waals surface area contributed by atoms with Crippen molar-refractivity contribution in [3.8, 4) is 0 Å². The maximum Gasteiger partial charge on any atom is 0.309 e. The molecule has 0 aromatic rings. The van der Waals surface area contributed by atoms with Crippen LogP contribution in [-0.4, -0.2) is 11.1 Å². The summed E-state index contributed by atoms with van der Waals surface area (Å²) in [6.07, 6.45) is 8.88.